The van der Waals surface area contributed by atoms with Crippen LogP contribution in [0.3, 0.4) is 0 Å². The maximum Gasteiger partial charge on any atom is 0.123 e. The molecule has 3 heteroatoms. The third kappa shape index (κ3) is 2.89. The monoisotopic (exact) mass is 241 g/mol. The summed E-state index contributed by atoms with van der Waals surface area (Å²) in [4.78, 5) is 0. The first-order chi connectivity index (χ1) is 7.61. The van der Waals surface area contributed by atoms with E-state index in [1.54, 1.807) is 0 Å². The van der Waals surface area contributed by atoms with E-state index in [4.69, 9.17) is 16.3 Å². The van der Waals surface area contributed by atoms with Gasteiger partial charge in [0.15, 0.2) is 0 Å². The highest BCUT2D eigenvalue weighted by atomic mass is 35.5. The highest BCUT2D eigenvalue weighted by Crippen LogP contribution is 2.31. The quantitative estimate of drug-likeness (QED) is 0.855. The molecule has 0 heterocycles. The Hall–Kier alpha value is -0.730. The lowest BCUT2D eigenvalue weighted by Crippen LogP contribution is -2.12. The van der Waals surface area contributed by atoms with Gasteiger partial charge in [0.05, 0.1) is 6.61 Å². The summed E-state index contributed by atoms with van der Waals surface area (Å²) < 4.78 is 5.66. The van der Waals surface area contributed by atoms with E-state index in [0.29, 0.717) is 6.61 Å². The van der Waals surface area contributed by atoms with Crippen molar-refractivity contribution in [2.45, 2.75) is 27.2 Å². The van der Waals surface area contributed by atoms with Crippen LogP contribution in [0.1, 0.15) is 23.6 Å². The van der Waals surface area contributed by atoms with E-state index in [1.165, 1.54) is 5.56 Å². The lowest BCUT2D eigenvalue weighted by Gasteiger charge is -2.16. The molecule has 16 heavy (non-hydrogen) atoms. The van der Waals surface area contributed by atoms with Crippen molar-refractivity contribution in [2.24, 2.45) is 0 Å². The number of hydrogen-bond acceptors (Lipinski definition) is 2. The molecule has 90 valence electrons. The molecule has 0 aliphatic heterocycles. The number of halogens is 1. The van der Waals surface area contributed by atoms with Crippen LogP contribution in [0.2, 0.25) is 5.02 Å². The Morgan fingerprint density at radius 1 is 1.38 bits per heavy atom. The van der Waals surface area contributed by atoms with Crippen molar-refractivity contribution < 1.29 is 4.74 Å². The highest BCUT2D eigenvalue weighted by molar-refractivity contribution is 6.32. The maximum atomic E-state index is 6.26. The molecule has 2 nitrogen and oxygen atoms in total. The summed E-state index contributed by atoms with van der Waals surface area (Å²) in [6.07, 6.45) is 0.942. The van der Waals surface area contributed by atoms with Crippen molar-refractivity contribution in [3.8, 4) is 5.75 Å². The SMILES string of the molecule is CCOc1cc(C)c(Cl)c(C)c1CCNC. The summed E-state index contributed by atoms with van der Waals surface area (Å²) in [5.74, 6) is 0.970. The molecule has 0 atom stereocenters. The van der Waals surface area contributed by atoms with Crippen molar-refractivity contribution >= 4 is 11.6 Å². The molecule has 0 saturated heterocycles. The first-order valence-electron chi connectivity index (χ1n) is 5.67. The van der Waals surface area contributed by atoms with Gasteiger partial charge < -0.3 is 10.1 Å². The van der Waals surface area contributed by atoms with Crippen molar-refractivity contribution in [3.63, 3.8) is 0 Å². The van der Waals surface area contributed by atoms with Crippen LogP contribution < -0.4 is 10.1 Å². The van der Waals surface area contributed by atoms with Gasteiger partial charge in [-0.2, -0.15) is 0 Å². The Bertz CT molecular complexity index is 363. The van der Waals surface area contributed by atoms with Gasteiger partial charge in [-0.3, -0.25) is 0 Å². The Kier molecular flexibility index (Phi) is 5.10. The predicted octanol–water partition coefficient (Wildman–Crippen LogP) is 3.12. The second-order valence-electron chi connectivity index (χ2n) is 3.90. The van der Waals surface area contributed by atoms with Crippen LogP contribution in [0, 0.1) is 13.8 Å². The van der Waals surface area contributed by atoms with Crippen LogP contribution in [0.15, 0.2) is 6.07 Å². The first kappa shape index (κ1) is 13.3. The number of likely N-dealkylation sites (N-methyl/N-ethyl adjacent to an activating group) is 1. The van der Waals surface area contributed by atoms with Gasteiger partial charge in [0.1, 0.15) is 5.75 Å². The Labute approximate surface area is 103 Å². The van der Waals surface area contributed by atoms with Gasteiger partial charge in [0.2, 0.25) is 0 Å². The average molecular weight is 242 g/mol. The van der Waals surface area contributed by atoms with Crippen LogP contribution in [0.4, 0.5) is 0 Å². The lowest BCUT2D eigenvalue weighted by molar-refractivity contribution is 0.336. The third-order valence-electron chi connectivity index (χ3n) is 2.70. The molecule has 0 aliphatic rings. The van der Waals surface area contributed by atoms with Gasteiger partial charge in [-0.15, -0.1) is 0 Å². The van der Waals surface area contributed by atoms with Gasteiger partial charge in [0, 0.05) is 5.02 Å². The Morgan fingerprint density at radius 2 is 2.06 bits per heavy atom. The maximum absolute atomic E-state index is 6.26. The smallest absolute Gasteiger partial charge is 0.123 e. The molecule has 0 bridgehead atoms. The number of benzene rings is 1. The number of nitrogens with one attached hydrogen (secondary N) is 1. The average Bonchev–Trinajstić information content (AvgIpc) is 2.26. The van der Waals surface area contributed by atoms with Crippen LogP contribution >= 0.6 is 11.6 Å². The molecule has 1 aromatic rings. The molecule has 0 aromatic heterocycles. The van der Waals surface area contributed by atoms with Gasteiger partial charge in [-0.25, -0.2) is 0 Å². The van der Waals surface area contributed by atoms with Crippen molar-refractivity contribution in [1.29, 1.82) is 0 Å². The van der Waals surface area contributed by atoms with E-state index in [1.807, 2.05) is 27.0 Å². The lowest BCUT2D eigenvalue weighted by atomic mass is 10.0. The predicted molar refractivity (Wildman–Crippen MR) is 69.7 cm³/mol. The zero-order valence-corrected chi connectivity index (χ0v) is 11.2. The first-order valence-corrected chi connectivity index (χ1v) is 6.05. The number of ether oxygens (including phenoxy) is 1. The molecule has 0 aliphatic carbocycles. The molecule has 0 amide bonds. The summed E-state index contributed by atoms with van der Waals surface area (Å²) >= 11 is 6.26. The molecule has 1 rings (SSSR count). The summed E-state index contributed by atoms with van der Waals surface area (Å²) in [6, 6.07) is 2.03. The molecule has 0 saturated carbocycles. The van der Waals surface area contributed by atoms with Gasteiger partial charge in [0.25, 0.3) is 0 Å². The van der Waals surface area contributed by atoms with E-state index < -0.39 is 0 Å². The van der Waals surface area contributed by atoms with E-state index in [2.05, 4.69) is 12.2 Å². The minimum Gasteiger partial charge on any atom is -0.494 e. The minimum absolute atomic E-state index is 0.688. The Morgan fingerprint density at radius 3 is 2.62 bits per heavy atom. The summed E-state index contributed by atoms with van der Waals surface area (Å²) in [5.41, 5.74) is 3.43. The van der Waals surface area contributed by atoms with Crippen LogP contribution in [-0.2, 0) is 6.42 Å². The fourth-order valence-electron chi connectivity index (χ4n) is 1.81. The normalized spacial score (nSPS) is 10.6. The molecule has 0 radical (unpaired) electrons. The van der Waals surface area contributed by atoms with Crippen LogP contribution in [0.5, 0.6) is 5.75 Å². The van der Waals surface area contributed by atoms with Crippen LogP contribution in [-0.4, -0.2) is 20.2 Å². The largest absolute Gasteiger partial charge is 0.494 e. The molecule has 1 N–H and O–H groups in total. The highest BCUT2D eigenvalue weighted by Gasteiger charge is 2.12. The standard InChI is InChI=1S/C13H20ClNO/c1-5-16-12-8-9(2)13(14)10(3)11(12)6-7-15-4/h8,15H,5-7H2,1-4H3. The van der Waals surface area contributed by atoms with E-state index in [0.717, 1.165) is 34.9 Å². The molecular formula is C13H20ClNO. The van der Waals surface area contributed by atoms with Crippen molar-refractivity contribution in [3.05, 3.63) is 27.8 Å². The summed E-state index contributed by atoms with van der Waals surface area (Å²) in [5, 5.41) is 4.00. The molecular weight excluding hydrogens is 222 g/mol. The van der Waals surface area contributed by atoms with Crippen molar-refractivity contribution in [2.75, 3.05) is 20.2 Å². The fraction of sp³-hybridized carbons (Fsp3) is 0.538. The Balaban J connectivity index is 3.13. The van der Waals surface area contributed by atoms with Gasteiger partial charge in [-0.1, -0.05) is 11.6 Å². The number of aryl methyl sites for hydroxylation is 1. The fourth-order valence-corrected chi connectivity index (χ4v) is 1.97. The molecule has 0 unspecified atom stereocenters. The van der Waals surface area contributed by atoms with E-state index in [9.17, 15) is 0 Å². The summed E-state index contributed by atoms with van der Waals surface area (Å²) in [7, 11) is 1.95. The second kappa shape index (κ2) is 6.12. The third-order valence-corrected chi connectivity index (χ3v) is 3.28. The molecule has 0 fully saturated rings. The zero-order chi connectivity index (χ0) is 12.1. The van der Waals surface area contributed by atoms with Gasteiger partial charge >= 0.3 is 0 Å². The molecule has 1 aromatic carbocycles. The topological polar surface area (TPSA) is 21.3 Å². The van der Waals surface area contributed by atoms with E-state index in [-0.39, 0.29) is 0 Å². The van der Waals surface area contributed by atoms with Crippen LogP contribution in [0.25, 0.3) is 0 Å². The minimum atomic E-state index is 0.688. The summed E-state index contributed by atoms with van der Waals surface area (Å²) in [6.45, 7) is 7.69. The van der Waals surface area contributed by atoms with E-state index >= 15 is 0 Å². The number of rotatable bonds is 5. The number of hydrogen-bond donors (Lipinski definition) is 1. The van der Waals surface area contributed by atoms with Crippen molar-refractivity contribution in [1.82, 2.24) is 5.32 Å². The second-order valence-corrected chi connectivity index (χ2v) is 4.27. The molecule has 0 spiro atoms. The zero-order valence-electron chi connectivity index (χ0n) is 10.5. The van der Waals surface area contributed by atoms with Gasteiger partial charge in [-0.05, 0) is 63.5 Å².